The van der Waals surface area contributed by atoms with E-state index in [9.17, 15) is 18.1 Å². The van der Waals surface area contributed by atoms with Gasteiger partial charge < -0.3 is 14.6 Å². The fourth-order valence-corrected chi connectivity index (χ4v) is 2.82. The van der Waals surface area contributed by atoms with Crippen molar-refractivity contribution in [3.63, 3.8) is 0 Å². The molecule has 0 aliphatic carbocycles. The molecule has 26 heavy (non-hydrogen) atoms. The SMILES string of the molecule is CCN(CCS(=O)(=O)[O-])c1ccc(C=Nc2ccc(O)cc2)c(C)c1.[Na+]. The van der Waals surface area contributed by atoms with E-state index in [-0.39, 0.29) is 41.9 Å². The van der Waals surface area contributed by atoms with Gasteiger partial charge in [0, 0.05) is 25.0 Å². The Balaban J connectivity index is 0.00000338. The second-order valence-corrected chi connectivity index (χ2v) is 7.18. The van der Waals surface area contributed by atoms with Crippen LogP contribution in [0.2, 0.25) is 0 Å². The van der Waals surface area contributed by atoms with Gasteiger partial charge in [0.1, 0.15) is 5.75 Å². The molecular formula is C18H21N2NaO4S. The van der Waals surface area contributed by atoms with E-state index in [0.717, 1.165) is 22.5 Å². The fraction of sp³-hybridized carbons (Fsp3) is 0.278. The van der Waals surface area contributed by atoms with Crippen LogP contribution < -0.4 is 34.5 Å². The number of benzene rings is 2. The van der Waals surface area contributed by atoms with E-state index >= 15 is 0 Å². The van der Waals surface area contributed by atoms with Gasteiger partial charge in [-0.2, -0.15) is 0 Å². The largest absolute Gasteiger partial charge is 1.00 e. The molecule has 0 heterocycles. The van der Waals surface area contributed by atoms with Gasteiger partial charge in [0.05, 0.1) is 21.6 Å². The predicted octanol–water partition coefficient (Wildman–Crippen LogP) is -0.173. The Bertz CT molecular complexity index is 852. The van der Waals surface area contributed by atoms with Gasteiger partial charge in [0.2, 0.25) is 0 Å². The summed E-state index contributed by atoms with van der Waals surface area (Å²) >= 11 is 0. The summed E-state index contributed by atoms with van der Waals surface area (Å²) in [5.74, 6) is -0.219. The van der Waals surface area contributed by atoms with Crippen molar-refractivity contribution in [2.24, 2.45) is 4.99 Å². The standard InChI is InChI=1S/C18H22N2O4S.Na/c1-3-20(10-11-25(22,23)24)17-7-4-15(14(2)12-17)13-19-16-5-8-18(21)9-6-16;/h4-9,12-13,21H,3,10-11H2,1-2H3,(H,22,23,24);/q;+1/p-1. The molecule has 2 aromatic carbocycles. The Morgan fingerprint density at radius 3 is 2.38 bits per heavy atom. The molecule has 6 nitrogen and oxygen atoms in total. The maximum absolute atomic E-state index is 10.8. The van der Waals surface area contributed by atoms with Crippen LogP contribution in [0, 0.1) is 6.92 Å². The first-order chi connectivity index (χ1) is 11.8. The molecule has 8 heteroatoms. The molecule has 0 fully saturated rings. The monoisotopic (exact) mass is 384 g/mol. The molecular weight excluding hydrogens is 363 g/mol. The molecule has 0 amide bonds. The van der Waals surface area contributed by atoms with Crippen molar-refractivity contribution in [1.29, 1.82) is 0 Å². The van der Waals surface area contributed by atoms with E-state index in [2.05, 4.69) is 4.99 Å². The van der Waals surface area contributed by atoms with E-state index in [0.29, 0.717) is 6.54 Å². The summed E-state index contributed by atoms with van der Waals surface area (Å²) < 4.78 is 32.5. The molecule has 0 aliphatic rings. The number of phenols is 1. The van der Waals surface area contributed by atoms with Crippen molar-refractivity contribution in [2.45, 2.75) is 13.8 Å². The van der Waals surface area contributed by atoms with Gasteiger partial charge in [0.15, 0.2) is 0 Å². The number of rotatable bonds is 7. The third-order valence-corrected chi connectivity index (χ3v) is 4.50. The summed E-state index contributed by atoms with van der Waals surface area (Å²) in [6, 6.07) is 12.3. The van der Waals surface area contributed by atoms with Crippen LogP contribution >= 0.6 is 0 Å². The maximum atomic E-state index is 10.8. The third-order valence-electron chi connectivity index (χ3n) is 3.81. The van der Waals surface area contributed by atoms with Gasteiger partial charge in [-0.05, 0) is 61.4 Å². The van der Waals surface area contributed by atoms with Crippen molar-refractivity contribution in [3.8, 4) is 5.75 Å². The first kappa shape index (κ1) is 22.7. The molecule has 2 aromatic rings. The Kier molecular flexibility index (Phi) is 8.79. The normalized spacial score (nSPS) is 11.3. The summed E-state index contributed by atoms with van der Waals surface area (Å²) in [6.07, 6.45) is 1.74. The number of hydrogen-bond acceptors (Lipinski definition) is 6. The van der Waals surface area contributed by atoms with Gasteiger partial charge in [-0.15, -0.1) is 0 Å². The zero-order valence-corrected chi connectivity index (χ0v) is 18.0. The van der Waals surface area contributed by atoms with Crippen LogP contribution in [0.5, 0.6) is 5.75 Å². The number of aromatic hydroxyl groups is 1. The smallest absolute Gasteiger partial charge is 0.748 e. The molecule has 0 aromatic heterocycles. The molecule has 0 radical (unpaired) electrons. The zero-order chi connectivity index (χ0) is 18.4. The number of aryl methyl sites for hydroxylation is 1. The minimum absolute atomic E-state index is 0. The van der Waals surface area contributed by atoms with Gasteiger partial charge in [-0.1, -0.05) is 6.07 Å². The summed E-state index contributed by atoms with van der Waals surface area (Å²) in [5, 5.41) is 9.27. The number of phenolic OH excluding ortho intramolecular Hbond substituents is 1. The Morgan fingerprint density at radius 1 is 1.19 bits per heavy atom. The molecule has 2 rings (SSSR count). The van der Waals surface area contributed by atoms with Crippen LogP contribution in [0.25, 0.3) is 0 Å². The molecule has 0 saturated carbocycles. The van der Waals surface area contributed by atoms with Gasteiger partial charge in [0.25, 0.3) is 0 Å². The summed E-state index contributed by atoms with van der Waals surface area (Å²) in [7, 11) is -4.23. The molecule has 0 unspecified atom stereocenters. The molecule has 0 saturated heterocycles. The second-order valence-electron chi connectivity index (χ2n) is 5.66. The summed E-state index contributed by atoms with van der Waals surface area (Å²) in [5.41, 5.74) is 3.52. The second kappa shape index (κ2) is 10.1. The van der Waals surface area contributed by atoms with Crippen LogP contribution in [-0.4, -0.2) is 43.1 Å². The van der Waals surface area contributed by atoms with Gasteiger partial charge in [-0.25, -0.2) is 8.42 Å². The molecule has 1 N–H and O–H groups in total. The van der Waals surface area contributed by atoms with E-state index in [1.54, 1.807) is 30.5 Å². The van der Waals surface area contributed by atoms with Gasteiger partial charge >= 0.3 is 29.6 Å². The molecule has 0 atom stereocenters. The maximum Gasteiger partial charge on any atom is 1.00 e. The number of hydrogen-bond donors (Lipinski definition) is 1. The summed E-state index contributed by atoms with van der Waals surface area (Å²) in [6.45, 7) is 4.63. The van der Waals surface area contributed by atoms with E-state index < -0.39 is 15.9 Å². The first-order valence-electron chi connectivity index (χ1n) is 7.91. The van der Waals surface area contributed by atoms with E-state index in [4.69, 9.17) is 0 Å². The van der Waals surface area contributed by atoms with Crippen LogP contribution in [-0.2, 0) is 10.1 Å². The minimum Gasteiger partial charge on any atom is -0.748 e. The summed E-state index contributed by atoms with van der Waals surface area (Å²) in [4.78, 5) is 6.22. The minimum atomic E-state index is -4.23. The van der Waals surface area contributed by atoms with E-state index in [1.807, 2.05) is 36.9 Å². The third kappa shape index (κ3) is 7.09. The van der Waals surface area contributed by atoms with Crippen LogP contribution in [0.4, 0.5) is 11.4 Å². The Labute approximate surface area is 176 Å². The Morgan fingerprint density at radius 2 is 1.85 bits per heavy atom. The Hall–Kier alpha value is -1.38. The quantitative estimate of drug-likeness (QED) is 0.406. The van der Waals surface area contributed by atoms with Crippen molar-refractivity contribution in [1.82, 2.24) is 0 Å². The van der Waals surface area contributed by atoms with Crippen molar-refractivity contribution < 1.29 is 47.6 Å². The molecule has 0 aliphatic heterocycles. The van der Waals surface area contributed by atoms with Crippen molar-refractivity contribution in [2.75, 3.05) is 23.7 Å². The van der Waals surface area contributed by atoms with Crippen LogP contribution in [0.3, 0.4) is 0 Å². The van der Waals surface area contributed by atoms with Crippen LogP contribution in [0.15, 0.2) is 47.5 Å². The molecule has 134 valence electrons. The number of anilines is 1. The molecule has 0 bridgehead atoms. The fourth-order valence-electron chi connectivity index (χ4n) is 2.38. The van der Waals surface area contributed by atoms with Crippen molar-refractivity contribution in [3.05, 3.63) is 53.6 Å². The number of aliphatic imine (C=N–C) groups is 1. The number of nitrogens with zero attached hydrogens (tertiary/aromatic N) is 2. The molecule has 0 spiro atoms. The van der Waals surface area contributed by atoms with E-state index in [1.165, 1.54) is 0 Å². The average Bonchev–Trinajstić information content (AvgIpc) is 2.55. The zero-order valence-electron chi connectivity index (χ0n) is 15.2. The van der Waals surface area contributed by atoms with Crippen molar-refractivity contribution >= 4 is 27.7 Å². The van der Waals surface area contributed by atoms with Crippen LogP contribution in [0.1, 0.15) is 18.1 Å². The predicted molar refractivity (Wildman–Crippen MR) is 99.0 cm³/mol. The average molecular weight is 384 g/mol. The topological polar surface area (TPSA) is 93.0 Å². The first-order valence-corrected chi connectivity index (χ1v) is 9.48. The van der Waals surface area contributed by atoms with Gasteiger partial charge in [-0.3, -0.25) is 4.99 Å².